The second-order valence-corrected chi connectivity index (χ2v) is 3.99. The van der Waals surface area contributed by atoms with E-state index < -0.39 is 0 Å². The fraction of sp³-hybridized carbons (Fsp3) is 0.500. The lowest BCUT2D eigenvalue weighted by atomic mass is 9.90. The van der Waals surface area contributed by atoms with Crippen LogP contribution < -0.4 is 0 Å². The van der Waals surface area contributed by atoms with Crippen molar-refractivity contribution in [2.24, 2.45) is 11.8 Å². The molecule has 16 heavy (non-hydrogen) atoms. The third kappa shape index (κ3) is 1.54. The van der Waals surface area contributed by atoms with Crippen LogP contribution >= 0.6 is 0 Å². The minimum atomic E-state index is -0.285. The summed E-state index contributed by atoms with van der Waals surface area (Å²) in [5.74, 6) is -0.373. The van der Waals surface area contributed by atoms with Crippen molar-refractivity contribution in [1.29, 1.82) is 0 Å². The monoisotopic (exact) mass is 222 g/mol. The first-order valence-electron chi connectivity index (χ1n) is 5.25. The summed E-state index contributed by atoms with van der Waals surface area (Å²) in [7, 11) is 2.75. The van der Waals surface area contributed by atoms with Crippen molar-refractivity contribution in [3.05, 3.63) is 23.3 Å². The molecule has 0 unspecified atom stereocenters. The Morgan fingerprint density at radius 2 is 1.38 bits per heavy atom. The van der Waals surface area contributed by atoms with E-state index in [1.165, 1.54) is 14.2 Å². The first-order chi connectivity index (χ1) is 7.69. The lowest BCUT2D eigenvalue weighted by Gasteiger charge is -2.15. The van der Waals surface area contributed by atoms with Crippen molar-refractivity contribution in [3.8, 4) is 0 Å². The van der Waals surface area contributed by atoms with Gasteiger partial charge in [-0.15, -0.1) is 0 Å². The van der Waals surface area contributed by atoms with Gasteiger partial charge in [0.2, 0.25) is 0 Å². The van der Waals surface area contributed by atoms with Gasteiger partial charge in [0.1, 0.15) is 0 Å². The largest absolute Gasteiger partial charge is 0.466 e. The number of hydrogen-bond donors (Lipinski definition) is 0. The van der Waals surface area contributed by atoms with Gasteiger partial charge in [-0.1, -0.05) is 12.2 Å². The molecule has 0 aliphatic heterocycles. The molecule has 86 valence electrons. The summed E-state index contributed by atoms with van der Waals surface area (Å²) < 4.78 is 9.44. The van der Waals surface area contributed by atoms with Crippen molar-refractivity contribution >= 4 is 11.9 Å². The smallest absolute Gasteiger partial charge is 0.333 e. The third-order valence-corrected chi connectivity index (χ3v) is 3.31. The summed E-state index contributed by atoms with van der Waals surface area (Å²) >= 11 is 0. The Morgan fingerprint density at radius 3 is 1.69 bits per heavy atom. The number of carbonyl (C=O) groups is 2. The molecule has 0 heterocycles. The molecular formula is C12H14O4. The van der Waals surface area contributed by atoms with E-state index in [0.29, 0.717) is 11.1 Å². The van der Waals surface area contributed by atoms with Crippen LogP contribution in [0.4, 0.5) is 0 Å². The molecule has 0 bridgehead atoms. The molecule has 0 amide bonds. The molecule has 0 saturated carbocycles. The molecule has 2 atom stereocenters. The average Bonchev–Trinajstić information content (AvgIpc) is 2.87. The van der Waals surface area contributed by atoms with E-state index in [0.717, 1.165) is 12.8 Å². The molecule has 2 rings (SSSR count). The molecule has 0 fully saturated rings. The van der Waals surface area contributed by atoms with Gasteiger partial charge >= 0.3 is 11.9 Å². The van der Waals surface area contributed by atoms with E-state index in [2.05, 4.69) is 0 Å². The maximum Gasteiger partial charge on any atom is 0.333 e. The Labute approximate surface area is 93.9 Å². The second kappa shape index (κ2) is 4.12. The zero-order valence-corrected chi connectivity index (χ0v) is 9.36. The topological polar surface area (TPSA) is 52.6 Å². The average molecular weight is 222 g/mol. The van der Waals surface area contributed by atoms with Crippen molar-refractivity contribution in [1.82, 2.24) is 0 Å². The predicted octanol–water partition coefficient (Wildman–Crippen LogP) is 1.22. The molecule has 4 heteroatoms. The third-order valence-electron chi connectivity index (χ3n) is 3.31. The van der Waals surface area contributed by atoms with Gasteiger partial charge in [-0.2, -0.15) is 0 Å². The van der Waals surface area contributed by atoms with E-state index >= 15 is 0 Å². The van der Waals surface area contributed by atoms with E-state index in [4.69, 9.17) is 9.47 Å². The molecule has 0 saturated heterocycles. The summed E-state index contributed by atoms with van der Waals surface area (Å²) in [6.07, 6.45) is 5.18. The van der Waals surface area contributed by atoms with Gasteiger partial charge in [0.15, 0.2) is 0 Å². The van der Waals surface area contributed by atoms with E-state index in [1.54, 1.807) is 0 Å². The molecule has 0 radical (unpaired) electrons. The van der Waals surface area contributed by atoms with Crippen LogP contribution in [-0.4, -0.2) is 26.2 Å². The van der Waals surface area contributed by atoms with Crippen LogP contribution in [0.25, 0.3) is 0 Å². The molecule has 0 aromatic heterocycles. The van der Waals surface area contributed by atoms with Crippen molar-refractivity contribution in [3.63, 3.8) is 0 Å². The zero-order chi connectivity index (χ0) is 11.7. The molecule has 0 spiro atoms. The normalized spacial score (nSPS) is 26.9. The minimum Gasteiger partial charge on any atom is -0.466 e. The van der Waals surface area contributed by atoms with Gasteiger partial charge in [0.05, 0.1) is 14.2 Å². The molecule has 0 aromatic rings. The number of ether oxygens (including phenoxy) is 2. The Balaban J connectivity index is 2.13. The second-order valence-electron chi connectivity index (χ2n) is 3.99. The first-order valence-corrected chi connectivity index (χ1v) is 5.25. The summed E-state index contributed by atoms with van der Waals surface area (Å²) in [6, 6.07) is 0. The zero-order valence-electron chi connectivity index (χ0n) is 9.36. The van der Waals surface area contributed by atoms with Crippen LogP contribution in [0.1, 0.15) is 12.8 Å². The molecule has 0 aromatic carbocycles. The molecule has 0 N–H and O–H groups in total. The lowest BCUT2D eigenvalue weighted by molar-refractivity contribution is -0.138. The molecule has 4 nitrogen and oxygen atoms in total. The Morgan fingerprint density at radius 1 is 1.00 bits per heavy atom. The Bertz CT molecular complexity index is 354. The van der Waals surface area contributed by atoms with Crippen molar-refractivity contribution in [2.75, 3.05) is 14.2 Å². The molecule has 2 aliphatic rings. The SMILES string of the molecule is COC(=O)C1=CC[C@H]2C(C(=O)OC)=CC[C@@H]12. The van der Waals surface area contributed by atoms with E-state index in [1.807, 2.05) is 12.2 Å². The number of rotatable bonds is 2. The van der Waals surface area contributed by atoms with Gasteiger partial charge in [0, 0.05) is 23.0 Å². The van der Waals surface area contributed by atoms with Crippen LogP contribution in [0.3, 0.4) is 0 Å². The standard InChI is InChI=1S/C12H14O4/c1-15-11(13)9-5-3-8-7(9)4-6-10(8)12(14)16-2/h5-8H,3-4H2,1-2H3/t7-,8-/m1/s1. The maximum atomic E-state index is 11.5. The van der Waals surface area contributed by atoms with Crippen LogP contribution in [0.15, 0.2) is 23.3 Å². The van der Waals surface area contributed by atoms with Crippen LogP contribution in [-0.2, 0) is 19.1 Å². The van der Waals surface area contributed by atoms with Gasteiger partial charge < -0.3 is 9.47 Å². The number of allylic oxidation sites excluding steroid dienone is 2. The fourth-order valence-electron chi connectivity index (χ4n) is 2.53. The highest BCUT2D eigenvalue weighted by atomic mass is 16.5. The van der Waals surface area contributed by atoms with Gasteiger partial charge in [-0.05, 0) is 12.8 Å². The van der Waals surface area contributed by atoms with Crippen LogP contribution in [0.5, 0.6) is 0 Å². The number of hydrogen-bond acceptors (Lipinski definition) is 4. The quantitative estimate of drug-likeness (QED) is 0.659. The van der Waals surface area contributed by atoms with E-state index in [-0.39, 0.29) is 23.8 Å². The number of esters is 2. The van der Waals surface area contributed by atoms with Gasteiger partial charge in [-0.25, -0.2) is 9.59 Å². The number of carbonyl (C=O) groups excluding carboxylic acids is 2. The summed E-state index contributed by atoms with van der Waals surface area (Å²) in [6.45, 7) is 0. The highest BCUT2D eigenvalue weighted by molar-refractivity contribution is 5.93. The lowest BCUT2D eigenvalue weighted by Crippen LogP contribution is -2.17. The van der Waals surface area contributed by atoms with Crippen molar-refractivity contribution in [2.45, 2.75) is 12.8 Å². The van der Waals surface area contributed by atoms with Crippen LogP contribution in [0, 0.1) is 11.8 Å². The minimum absolute atomic E-state index is 0.0987. The Hall–Kier alpha value is -1.58. The summed E-state index contributed by atoms with van der Waals surface area (Å²) in [5.41, 5.74) is 1.39. The van der Waals surface area contributed by atoms with E-state index in [9.17, 15) is 9.59 Å². The molecule has 2 aliphatic carbocycles. The highest BCUT2D eigenvalue weighted by Crippen LogP contribution is 2.44. The number of fused-ring (bicyclic) bond motifs is 1. The van der Waals surface area contributed by atoms with Crippen LogP contribution in [0.2, 0.25) is 0 Å². The molecular weight excluding hydrogens is 208 g/mol. The summed E-state index contributed by atoms with van der Waals surface area (Å²) in [5, 5.41) is 0. The maximum absolute atomic E-state index is 11.5. The highest BCUT2D eigenvalue weighted by Gasteiger charge is 2.41. The van der Waals surface area contributed by atoms with Crippen molar-refractivity contribution < 1.29 is 19.1 Å². The summed E-state index contributed by atoms with van der Waals surface area (Å²) in [4.78, 5) is 22.9. The number of methoxy groups -OCH3 is 2. The van der Waals surface area contributed by atoms with Gasteiger partial charge in [0.25, 0.3) is 0 Å². The first kappa shape index (κ1) is 10.9. The Kier molecular flexibility index (Phi) is 2.81. The predicted molar refractivity (Wildman–Crippen MR) is 56.4 cm³/mol. The fourth-order valence-corrected chi connectivity index (χ4v) is 2.53. The van der Waals surface area contributed by atoms with Gasteiger partial charge in [-0.3, -0.25) is 0 Å².